The molecule has 2 aromatic rings. The van der Waals surface area contributed by atoms with Gasteiger partial charge >= 0.3 is 0 Å². The van der Waals surface area contributed by atoms with E-state index in [1.165, 1.54) is 0 Å². The number of morpholine rings is 1. The van der Waals surface area contributed by atoms with Gasteiger partial charge in [0.05, 0.1) is 39.2 Å². The Labute approximate surface area is 212 Å². The minimum Gasteiger partial charge on any atom is -0.497 e. The highest BCUT2D eigenvalue weighted by Crippen LogP contribution is 2.18. The van der Waals surface area contributed by atoms with Gasteiger partial charge in [0.2, 0.25) is 5.91 Å². The van der Waals surface area contributed by atoms with E-state index in [1.54, 1.807) is 47.4 Å². The van der Waals surface area contributed by atoms with E-state index in [1.807, 2.05) is 12.1 Å². The SMILES string of the molecule is COc1cccc(C(=O)N(CCCN2CCOCC2)CC(=O)N(Cc2ccco2)CC2CCCO2)c1. The van der Waals surface area contributed by atoms with Crippen molar-refractivity contribution in [1.82, 2.24) is 14.7 Å². The van der Waals surface area contributed by atoms with E-state index in [0.717, 1.165) is 58.7 Å². The first-order valence-electron chi connectivity index (χ1n) is 12.8. The lowest BCUT2D eigenvalue weighted by atomic mass is 10.1. The molecule has 0 saturated carbocycles. The van der Waals surface area contributed by atoms with E-state index in [0.29, 0.717) is 36.7 Å². The first-order valence-corrected chi connectivity index (χ1v) is 12.8. The van der Waals surface area contributed by atoms with Gasteiger partial charge in [-0.15, -0.1) is 0 Å². The van der Waals surface area contributed by atoms with E-state index in [9.17, 15) is 9.59 Å². The van der Waals surface area contributed by atoms with Crippen LogP contribution in [0.15, 0.2) is 47.1 Å². The lowest BCUT2D eigenvalue weighted by molar-refractivity contribution is -0.134. The molecule has 2 fully saturated rings. The molecule has 0 radical (unpaired) electrons. The van der Waals surface area contributed by atoms with Crippen LogP contribution in [0.2, 0.25) is 0 Å². The van der Waals surface area contributed by atoms with Gasteiger partial charge in [-0.25, -0.2) is 0 Å². The first kappa shape index (κ1) is 26.2. The maximum atomic E-state index is 13.6. The van der Waals surface area contributed by atoms with Crippen LogP contribution < -0.4 is 4.74 Å². The molecule has 2 saturated heterocycles. The van der Waals surface area contributed by atoms with Gasteiger partial charge in [0, 0.05) is 44.9 Å². The zero-order chi connectivity index (χ0) is 25.2. The molecule has 9 nitrogen and oxygen atoms in total. The van der Waals surface area contributed by atoms with Crippen LogP contribution in [0.5, 0.6) is 5.75 Å². The van der Waals surface area contributed by atoms with Crippen molar-refractivity contribution in [3.05, 3.63) is 54.0 Å². The number of benzene rings is 1. The van der Waals surface area contributed by atoms with Gasteiger partial charge in [-0.05, 0) is 49.6 Å². The van der Waals surface area contributed by atoms with Gasteiger partial charge in [0.25, 0.3) is 5.91 Å². The highest BCUT2D eigenvalue weighted by atomic mass is 16.5. The van der Waals surface area contributed by atoms with Crippen LogP contribution in [0.4, 0.5) is 0 Å². The summed E-state index contributed by atoms with van der Waals surface area (Å²) in [6.45, 7) is 6.12. The highest BCUT2D eigenvalue weighted by Gasteiger charge is 2.27. The number of carbonyl (C=O) groups excluding carboxylic acids is 2. The molecular formula is C27H37N3O6. The number of ether oxygens (including phenoxy) is 3. The number of amides is 2. The molecule has 1 unspecified atom stereocenters. The fourth-order valence-corrected chi connectivity index (χ4v) is 4.64. The van der Waals surface area contributed by atoms with Crippen molar-refractivity contribution < 1.29 is 28.2 Å². The molecule has 0 spiro atoms. The summed E-state index contributed by atoms with van der Waals surface area (Å²) in [4.78, 5) is 32.9. The van der Waals surface area contributed by atoms with Crippen LogP contribution in [0, 0.1) is 0 Å². The monoisotopic (exact) mass is 499 g/mol. The zero-order valence-electron chi connectivity index (χ0n) is 21.1. The average molecular weight is 500 g/mol. The number of carbonyl (C=O) groups is 2. The van der Waals surface area contributed by atoms with Crippen LogP contribution in [0.1, 0.15) is 35.4 Å². The number of furan rings is 1. The summed E-state index contributed by atoms with van der Waals surface area (Å²) < 4.78 is 22.1. The van der Waals surface area contributed by atoms with E-state index in [-0.39, 0.29) is 24.5 Å². The second-order valence-electron chi connectivity index (χ2n) is 9.25. The molecule has 3 heterocycles. The molecule has 196 valence electrons. The second-order valence-corrected chi connectivity index (χ2v) is 9.25. The predicted molar refractivity (Wildman–Crippen MR) is 134 cm³/mol. The molecule has 2 aliphatic heterocycles. The summed E-state index contributed by atoms with van der Waals surface area (Å²) in [5.41, 5.74) is 0.505. The van der Waals surface area contributed by atoms with Gasteiger partial charge in [0.1, 0.15) is 18.1 Å². The summed E-state index contributed by atoms with van der Waals surface area (Å²) in [6, 6.07) is 10.7. The Balaban J connectivity index is 1.46. The second kappa shape index (κ2) is 13.4. The minimum atomic E-state index is -0.181. The fourth-order valence-electron chi connectivity index (χ4n) is 4.64. The molecule has 36 heavy (non-hydrogen) atoms. The van der Waals surface area contributed by atoms with Crippen molar-refractivity contribution in [1.29, 1.82) is 0 Å². The normalized spacial score (nSPS) is 18.2. The molecule has 1 aromatic carbocycles. The Hall–Kier alpha value is -2.88. The summed E-state index contributed by atoms with van der Waals surface area (Å²) in [5.74, 6) is 1.02. The molecule has 1 atom stereocenters. The lowest BCUT2D eigenvalue weighted by Crippen LogP contribution is -2.46. The number of methoxy groups -OCH3 is 1. The molecule has 0 N–H and O–H groups in total. The van der Waals surface area contributed by atoms with Gasteiger partial charge in [-0.2, -0.15) is 0 Å². The van der Waals surface area contributed by atoms with Gasteiger partial charge < -0.3 is 28.4 Å². The van der Waals surface area contributed by atoms with E-state index in [4.69, 9.17) is 18.6 Å². The Bertz CT molecular complexity index is 954. The molecule has 0 bridgehead atoms. The third-order valence-electron chi connectivity index (χ3n) is 6.66. The summed E-state index contributed by atoms with van der Waals surface area (Å²) in [7, 11) is 1.57. The van der Waals surface area contributed by atoms with Gasteiger partial charge in [-0.1, -0.05) is 6.07 Å². The molecule has 1 aromatic heterocycles. The van der Waals surface area contributed by atoms with E-state index < -0.39 is 0 Å². The fraction of sp³-hybridized carbons (Fsp3) is 0.556. The maximum Gasteiger partial charge on any atom is 0.254 e. The molecule has 4 rings (SSSR count). The number of hydrogen-bond acceptors (Lipinski definition) is 7. The number of nitrogens with zero attached hydrogens (tertiary/aromatic N) is 3. The topological polar surface area (TPSA) is 84.7 Å². The van der Waals surface area contributed by atoms with Gasteiger partial charge in [0.15, 0.2) is 0 Å². The summed E-state index contributed by atoms with van der Waals surface area (Å²) in [5, 5.41) is 0. The standard InChI is InChI=1S/C27H37N3O6/c1-33-23-7-2-6-22(18-23)27(32)29(11-5-10-28-12-16-34-17-13-28)21-26(31)30(19-24-8-3-14-35-24)20-25-9-4-15-36-25/h2-3,6-8,14,18,25H,4-5,9-13,15-17,19-21H2,1H3. The lowest BCUT2D eigenvalue weighted by Gasteiger charge is -2.30. The molecular weight excluding hydrogens is 462 g/mol. The van der Waals surface area contributed by atoms with Crippen LogP contribution >= 0.6 is 0 Å². The molecule has 2 amide bonds. The van der Waals surface area contributed by atoms with Crippen LogP contribution in [-0.2, 0) is 20.8 Å². The highest BCUT2D eigenvalue weighted by molar-refractivity contribution is 5.96. The predicted octanol–water partition coefficient (Wildman–Crippen LogP) is 2.66. The quantitative estimate of drug-likeness (QED) is 0.444. The average Bonchev–Trinajstić information content (AvgIpc) is 3.62. The Morgan fingerprint density at radius 1 is 1.11 bits per heavy atom. The van der Waals surface area contributed by atoms with E-state index >= 15 is 0 Å². The summed E-state index contributed by atoms with van der Waals surface area (Å²) >= 11 is 0. The minimum absolute atomic E-state index is 0.00719. The largest absolute Gasteiger partial charge is 0.497 e. The maximum absolute atomic E-state index is 13.6. The van der Waals surface area contributed by atoms with Crippen molar-refractivity contribution in [2.45, 2.75) is 31.9 Å². The zero-order valence-corrected chi connectivity index (χ0v) is 21.1. The van der Waals surface area contributed by atoms with Crippen molar-refractivity contribution in [3.8, 4) is 5.75 Å². The van der Waals surface area contributed by atoms with E-state index in [2.05, 4.69) is 4.90 Å². The molecule has 2 aliphatic rings. The summed E-state index contributed by atoms with van der Waals surface area (Å²) in [6.07, 6.45) is 4.30. The van der Waals surface area contributed by atoms with Crippen LogP contribution in [-0.4, -0.2) is 98.8 Å². The van der Waals surface area contributed by atoms with Crippen molar-refractivity contribution in [2.75, 3.05) is 66.2 Å². The van der Waals surface area contributed by atoms with Crippen molar-refractivity contribution >= 4 is 11.8 Å². The molecule has 9 heteroatoms. The Morgan fingerprint density at radius 2 is 1.97 bits per heavy atom. The smallest absolute Gasteiger partial charge is 0.254 e. The van der Waals surface area contributed by atoms with Crippen LogP contribution in [0.25, 0.3) is 0 Å². The third kappa shape index (κ3) is 7.56. The number of hydrogen-bond donors (Lipinski definition) is 0. The third-order valence-corrected chi connectivity index (χ3v) is 6.66. The first-order chi connectivity index (χ1) is 17.6. The van der Waals surface area contributed by atoms with Gasteiger partial charge in [-0.3, -0.25) is 14.5 Å². The molecule has 0 aliphatic carbocycles. The Morgan fingerprint density at radius 3 is 2.69 bits per heavy atom. The number of rotatable bonds is 12. The van der Waals surface area contributed by atoms with Crippen molar-refractivity contribution in [3.63, 3.8) is 0 Å². The van der Waals surface area contributed by atoms with Crippen molar-refractivity contribution in [2.24, 2.45) is 0 Å². The Kier molecular flexibility index (Phi) is 9.77. The van der Waals surface area contributed by atoms with Crippen LogP contribution in [0.3, 0.4) is 0 Å².